The Bertz CT molecular complexity index is 1290. The van der Waals surface area contributed by atoms with E-state index in [1.165, 1.54) is 18.2 Å². The highest BCUT2D eigenvalue weighted by molar-refractivity contribution is 7.90. The third-order valence-corrected chi connectivity index (χ3v) is 7.39. The van der Waals surface area contributed by atoms with E-state index in [0.717, 1.165) is 61.2 Å². The first kappa shape index (κ1) is 21.6. The molecule has 0 radical (unpaired) electrons. The second kappa shape index (κ2) is 8.30. The molecule has 0 unspecified atom stereocenters. The summed E-state index contributed by atoms with van der Waals surface area (Å²) in [7, 11) is -3.44. The van der Waals surface area contributed by atoms with Gasteiger partial charge in [0, 0.05) is 43.3 Å². The van der Waals surface area contributed by atoms with Crippen LogP contribution in [0.25, 0.3) is 5.69 Å². The van der Waals surface area contributed by atoms with E-state index < -0.39 is 9.84 Å². The Morgan fingerprint density at radius 1 is 1.00 bits per heavy atom. The number of fused-ring (bicyclic) bond motifs is 1. The van der Waals surface area contributed by atoms with Crippen LogP contribution in [0.15, 0.2) is 53.6 Å². The van der Waals surface area contributed by atoms with E-state index in [0.29, 0.717) is 18.7 Å². The summed E-state index contributed by atoms with van der Waals surface area (Å²) in [6.45, 7) is 2.43. The van der Waals surface area contributed by atoms with Gasteiger partial charge in [0.15, 0.2) is 9.84 Å². The number of benzene rings is 2. The zero-order chi connectivity index (χ0) is 23.2. The number of rotatable bonds is 4. The van der Waals surface area contributed by atoms with Crippen molar-refractivity contribution in [3.8, 4) is 5.69 Å². The standard InChI is InChI=1S/C24H25FN4O3S/c1-33(31,32)20-9-10-23(27-11-3-2-4-12-27)21(13-20)24(30)28-14-17-15-29(26-22(17)16-28)19-7-5-18(25)6-8-19/h5-10,13,15H,2-4,11-12,14,16H2,1H3. The molecule has 0 atom stereocenters. The van der Waals surface area contributed by atoms with Crippen LogP contribution in [0.1, 0.15) is 40.9 Å². The van der Waals surface area contributed by atoms with Crippen LogP contribution in [0, 0.1) is 5.82 Å². The summed E-state index contributed by atoms with van der Waals surface area (Å²) in [6, 6.07) is 10.9. The quantitative estimate of drug-likeness (QED) is 0.585. The molecule has 1 saturated heterocycles. The summed E-state index contributed by atoms with van der Waals surface area (Å²) < 4.78 is 39.3. The zero-order valence-electron chi connectivity index (χ0n) is 18.4. The number of carbonyl (C=O) groups is 1. The molecule has 3 heterocycles. The van der Waals surface area contributed by atoms with E-state index >= 15 is 0 Å². The van der Waals surface area contributed by atoms with Crippen LogP contribution in [-0.4, -0.2) is 48.4 Å². The van der Waals surface area contributed by atoms with Gasteiger partial charge in [0.1, 0.15) is 5.82 Å². The third kappa shape index (κ3) is 4.25. The molecule has 1 amide bonds. The van der Waals surface area contributed by atoms with Crippen molar-refractivity contribution in [3.05, 3.63) is 71.3 Å². The molecule has 9 heteroatoms. The van der Waals surface area contributed by atoms with Gasteiger partial charge in [-0.05, 0) is 61.7 Å². The SMILES string of the molecule is CS(=O)(=O)c1ccc(N2CCCCC2)c(C(=O)N2Cc3cn(-c4ccc(F)cc4)nc3C2)c1. The predicted molar refractivity (Wildman–Crippen MR) is 123 cm³/mol. The highest BCUT2D eigenvalue weighted by Crippen LogP contribution is 2.31. The number of sulfone groups is 1. The van der Waals surface area contributed by atoms with Crippen molar-refractivity contribution in [2.45, 2.75) is 37.2 Å². The molecule has 0 bridgehead atoms. The number of aromatic nitrogens is 2. The number of hydrogen-bond donors (Lipinski definition) is 0. The molecule has 2 aliphatic rings. The molecule has 0 saturated carbocycles. The van der Waals surface area contributed by atoms with Gasteiger partial charge < -0.3 is 9.80 Å². The first-order valence-electron chi connectivity index (χ1n) is 11.0. The minimum atomic E-state index is -3.44. The Hall–Kier alpha value is -3.20. The monoisotopic (exact) mass is 468 g/mol. The molecule has 3 aromatic rings. The average molecular weight is 469 g/mol. The van der Waals surface area contributed by atoms with Crippen LogP contribution < -0.4 is 4.90 Å². The van der Waals surface area contributed by atoms with E-state index in [1.54, 1.807) is 33.8 Å². The largest absolute Gasteiger partial charge is 0.371 e. The van der Waals surface area contributed by atoms with Gasteiger partial charge in [-0.1, -0.05) is 0 Å². The summed E-state index contributed by atoms with van der Waals surface area (Å²) in [5.41, 5.74) is 3.65. The minimum Gasteiger partial charge on any atom is -0.371 e. The molecule has 0 spiro atoms. The van der Waals surface area contributed by atoms with Crippen molar-refractivity contribution in [3.63, 3.8) is 0 Å². The van der Waals surface area contributed by atoms with Crippen molar-refractivity contribution >= 4 is 21.4 Å². The molecular formula is C24H25FN4O3S. The maximum atomic E-state index is 13.6. The van der Waals surface area contributed by atoms with Crippen LogP contribution in [0.5, 0.6) is 0 Å². The fraction of sp³-hybridized carbons (Fsp3) is 0.333. The second-order valence-electron chi connectivity index (χ2n) is 8.68. The van der Waals surface area contributed by atoms with Gasteiger partial charge in [0.05, 0.1) is 28.4 Å². The van der Waals surface area contributed by atoms with Crippen molar-refractivity contribution < 1.29 is 17.6 Å². The smallest absolute Gasteiger partial charge is 0.256 e. The van der Waals surface area contributed by atoms with Crippen molar-refractivity contribution in [2.24, 2.45) is 0 Å². The number of hydrogen-bond acceptors (Lipinski definition) is 5. The Morgan fingerprint density at radius 3 is 2.39 bits per heavy atom. The fourth-order valence-electron chi connectivity index (χ4n) is 4.52. The van der Waals surface area contributed by atoms with Crippen molar-refractivity contribution in [1.82, 2.24) is 14.7 Å². The van der Waals surface area contributed by atoms with E-state index in [2.05, 4.69) is 10.00 Å². The summed E-state index contributed by atoms with van der Waals surface area (Å²) >= 11 is 0. The molecule has 1 aromatic heterocycles. The minimum absolute atomic E-state index is 0.144. The predicted octanol–water partition coefficient (Wildman–Crippen LogP) is 3.56. The van der Waals surface area contributed by atoms with Crippen LogP contribution in [0.3, 0.4) is 0 Å². The molecule has 7 nitrogen and oxygen atoms in total. The van der Waals surface area contributed by atoms with E-state index in [4.69, 9.17) is 0 Å². The van der Waals surface area contributed by atoms with Gasteiger partial charge >= 0.3 is 0 Å². The molecule has 33 heavy (non-hydrogen) atoms. The first-order chi connectivity index (χ1) is 15.8. The molecular weight excluding hydrogens is 443 g/mol. The summed E-state index contributed by atoms with van der Waals surface area (Å²) in [5.74, 6) is -0.511. The summed E-state index contributed by atoms with van der Waals surface area (Å²) in [5, 5.41) is 4.58. The van der Waals surface area contributed by atoms with Crippen molar-refractivity contribution in [2.75, 3.05) is 24.2 Å². The lowest BCUT2D eigenvalue weighted by Crippen LogP contribution is -2.33. The topological polar surface area (TPSA) is 75.5 Å². The van der Waals surface area contributed by atoms with Crippen LogP contribution in [0.4, 0.5) is 10.1 Å². The Morgan fingerprint density at radius 2 is 1.73 bits per heavy atom. The van der Waals surface area contributed by atoms with E-state index in [9.17, 15) is 17.6 Å². The maximum absolute atomic E-state index is 13.6. The lowest BCUT2D eigenvalue weighted by atomic mass is 10.1. The Kier molecular flexibility index (Phi) is 5.44. The second-order valence-corrected chi connectivity index (χ2v) is 10.7. The number of halogens is 1. The maximum Gasteiger partial charge on any atom is 0.256 e. The lowest BCUT2D eigenvalue weighted by Gasteiger charge is -2.31. The van der Waals surface area contributed by atoms with Crippen LogP contribution in [0.2, 0.25) is 0 Å². The Labute approximate surface area is 192 Å². The average Bonchev–Trinajstić information content (AvgIpc) is 3.38. The lowest BCUT2D eigenvalue weighted by molar-refractivity contribution is 0.0749. The normalized spacial score (nSPS) is 16.2. The van der Waals surface area contributed by atoms with Gasteiger partial charge in [-0.2, -0.15) is 5.10 Å². The highest BCUT2D eigenvalue weighted by Gasteiger charge is 2.30. The van der Waals surface area contributed by atoms with Crippen molar-refractivity contribution in [1.29, 1.82) is 0 Å². The molecule has 1 fully saturated rings. The molecule has 172 valence electrons. The number of amides is 1. The van der Waals surface area contributed by atoms with Gasteiger partial charge in [-0.3, -0.25) is 4.79 Å². The zero-order valence-corrected chi connectivity index (χ0v) is 19.2. The molecule has 2 aliphatic heterocycles. The number of anilines is 1. The third-order valence-electron chi connectivity index (χ3n) is 6.28. The van der Waals surface area contributed by atoms with E-state index in [-0.39, 0.29) is 16.6 Å². The molecule has 0 N–H and O–H groups in total. The van der Waals surface area contributed by atoms with E-state index in [1.807, 2.05) is 6.20 Å². The Balaban J connectivity index is 1.43. The molecule has 0 aliphatic carbocycles. The summed E-state index contributed by atoms with van der Waals surface area (Å²) in [6.07, 6.45) is 6.27. The van der Waals surface area contributed by atoms with Gasteiger partial charge in [-0.25, -0.2) is 17.5 Å². The summed E-state index contributed by atoms with van der Waals surface area (Å²) in [4.78, 5) is 17.6. The van der Waals surface area contributed by atoms with Gasteiger partial charge in [0.25, 0.3) is 5.91 Å². The van der Waals surface area contributed by atoms with Crippen LogP contribution >= 0.6 is 0 Å². The molecule has 2 aromatic carbocycles. The molecule has 5 rings (SSSR count). The van der Waals surface area contributed by atoms with Gasteiger partial charge in [0.2, 0.25) is 0 Å². The highest BCUT2D eigenvalue weighted by atomic mass is 32.2. The fourth-order valence-corrected chi connectivity index (χ4v) is 5.17. The first-order valence-corrected chi connectivity index (χ1v) is 12.9. The number of nitrogens with zero attached hydrogens (tertiary/aromatic N) is 4. The number of piperidine rings is 1. The van der Waals surface area contributed by atoms with Gasteiger partial charge in [-0.15, -0.1) is 0 Å². The number of carbonyl (C=O) groups excluding carboxylic acids is 1. The van der Waals surface area contributed by atoms with Crippen LogP contribution in [-0.2, 0) is 22.9 Å².